The molecule has 1 atom stereocenters. The highest BCUT2D eigenvalue weighted by molar-refractivity contribution is 7.91. The van der Waals surface area contributed by atoms with Crippen molar-refractivity contribution in [3.05, 3.63) is 47.5 Å². The van der Waals surface area contributed by atoms with Gasteiger partial charge in [-0.3, -0.25) is 0 Å². The van der Waals surface area contributed by atoms with Gasteiger partial charge in [-0.25, -0.2) is 31.6 Å². The van der Waals surface area contributed by atoms with Crippen LogP contribution in [0.5, 0.6) is 5.88 Å². The molecule has 35 heavy (non-hydrogen) atoms. The number of rotatable bonds is 7. The summed E-state index contributed by atoms with van der Waals surface area (Å²) in [4.78, 5) is 14.8. The van der Waals surface area contributed by atoms with Crippen molar-refractivity contribution < 1.29 is 26.3 Å². The maximum absolute atomic E-state index is 15.1. The lowest BCUT2D eigenvalue weighted by Gasteiger charge is -2.29. The molecule has 3 heterocycles. The number of methoxy groups -OCH3 is 1. The minimum atomic E-state index is -3.28. The molecule has 3 aromatic rings. The highest BCUT2D eigenvalue weighted by Crippen LogP contribution is 2.37. The molecule has 0 unspecified atom stereocenters. The summed E-state index contributed by atoms with van der Waals surface area (Å²) >= 11 is 0. The quantitative estimate of drug-likeness (QED) is 0.509. The lowest BCUT2D eigenvalue weighted by atomic mass is 9.99. The van der Waals surface area contributed by atoms with E-state index in [0.717, 1.165) is 6.07 Å². The molecule has 0 saturated carbocycles. The number of benzene rings is 1. The largest absolute Gasteiger partial charge is 0.479 e. The molecule has 1 saturated heterocycles. The number of alkyl halides is 2. The Kier molecular flexibility index (Phi) is 6.76. The van der Waals surface area contributed by atoms with Gasteiger partial charge >= 0.3 is 0 Å². The summed E-state index contributed by atoms with van der Waals surface area (Å²) in [6, 6.07) is 4.99. The average molecular weight is 510 g/mol. The molecule has 12 heteroatoms. The second kappa shape index (κ2) is 9.48. The van der Waals surface area contributed by atoms with Gasteiger partial charge in [0.25, 0.3) is 5.92 Å². The number of aromatic nitrogens is 3. The summed E-state index contributed by atoms with van der Waals surface area (Å²) in [5.74, 6) is -3.60. The van der Waals surface area contributed by atoms with Crippen LogP contribution in [0.25, 0.3) is 11.0 Å². The van der Waals surface area contributed by atoms with Gasteiger partial charge in [-0.15, -0.1) is 0 Å². The van der Waals surface area contributed by atoms with Crippen molar-refractivity contribution in [2.75, 3.05) is 41.9 Å². The molecule has 2 aromatic heterocycles. The standard InChI is InChI=1S/C23H26F3N5O3S/c1-4-23(25,26)17-7-5-6-15(19(17)24)14(2)29-20-16-12-18(31-8-10-35(32,33)11-9-31)22(34-3)30-21(16)28-13-27-20/h5-7,12-14H,4,8-11H2,1-3H3,(H,27,28,29,30)/t14-/m1/s1. The second-order valence-electron chi connectivity index (χ2n) is 8.38. The normalized spacial score (nSPS) is 16.8. The number of hydrogen-bond acceptors (Lipinski definition) is 8. The van der Waals surface area contributed by atoms with Crippen LogP contribution in [-0.4, -0.2) is 55.1 Å². The predicted octanol–water partition coefficient (Wildman–Crippen LogP) is 4.08. The van der Waals surface area contributed by atoms with Crippen LogP contribution < -0.4 is 15.0 Å². The zero-order valence-corrected chi connectivity index (χ0v) is 20.4. The van der Waals surface area contributed by atoms with E-state index in [0.29, 0.717) is 22.5 Å². The molecule has 1 N–H and O–H groups in total. The molecule has 0 amide bonds. The summed E-state index contributed by atoms with van der Waals surface area (Å²) in [5.41, 5.74) is 0.320. The Morgan fingerprint density at radius 2 is 1.94 bits per heavy atom. The molecule has 0 spiro atoms. The smallest absolute Gasteiger partial charge is 0.275 e. The number of nitrogens with zero attached hydrogens (tertiary/aromatic N) is 4. The molecule has 188 valence electrons. The summed E-state index contributed by atoms with van der Waals surface area (Å²) in [6.07, 6.45) is 0.773. The second-order valence-corrected chi connectivity index (χ2v) is 10.7. The van der Waals surface area contributed by atoms with Gasteiger partial charge in [-0.1, -0.05) is 25.1 Å². The predicted molar refractivity (Wildman–Crippen MR) is 127 cm³/mol. The number of ether oxygens (including phenoxy) is 1. The molecule has 4 rings (SSSR count). The van der Waals surface area contributed by atoms with E-state index < -0.39 is 39.6 Å². The van der Waals surface area contributed by atoms with E-state index >= 15 is 4.39 Å². The van der Waals surface area contributed by atoms with Crippen LogP contribution in [0.1, 0.15) is 37.4 Å². The molecule has 1 aliphatic heterocycles. The first-order valence-corrected chi connectivity index (χ1v) is 13.0. The van der Waals surface area contributed by atoms with Crippen molar-refractivity contribution in [3.63, 3.8) is 0 Å². The maximum atomic E-state index is 15.1. The molecule has 0 bridgehead atoms. The topological polar surface area (TPSA) is 97.3 Å². The minimum absolute atomic E-state index is 0.0135. The molecule has 1 aliphatic rings. The molecule has 8 nitrogen and oxygen atoms in total. The number of pyridine rings is 1. The van der Waals surface area contributed by atoms with Crippen LogP contribution in [0, 0.1) is 5.82 Å². The number of sulfone groups is 1. The average Bonchev–Trinajstić information content (AvgIpc) is 2.83. The number of nitrogens with one attached hydrogen (secondary N) is 1. The van der Waals surface area contributed by atoms with E-state index in [-0.39, 0.29) is 36.0 Å². The van der Waals surface area contributed by atoms with E-state index in [4.69, 9.17) is 4.74 Å². The summed E-state index contributed by atoms with van der Waals surface area (Å²) < 4.78 is 72.6. The third kappa shape index (κ3) is 4.97. The van der Waals surface area contributed by atoms with Crippen molar-refractivity contribution in [1.29, 1.82) is 0 Å². The van der Waals surface area contributed by atoms with Crippen molar-refractivity contribution in [1.82, 2.24) is 15.0 Å². The number of hydrogen-bond donors (Lipinski definition) is 1. The Bertz CT molecular complexity index is 1340. The third-order valence-electron chi connectivity index (χ3n) is 6.14. The van der Waals surface area contributed by atoms with Crippen LogP contribution in [0.2, 0.25) is 0 Å². The van der Waals surface area contributed by atoms with Gasteiger partial charge in [0, 0.05) is 25.1 Å². The zero-order valence-electron chi connectivity index (χ0n) is 19.6. The Labute approximate surface area is 201 Å². The maximum Gasteiger partial charge on any atom is 0.275 e. The first kappa shape index (κ1) is 25.0. The van der Waals surface area contributed by atoms with Crippen molar-refractivity contribution >= 4 is 32.4 Å². The zero-order chi connectivity index (χ0) is 25.4. The van der Waals surface area contributed by atoms with E-state index in [1.54, 1.807) is 13.0 Å². The van der Waals surface area contributed by atoms with Gasteiger partial charge in [0.2, 0.25) is 5.88 Å². The van der Waals surface area contributed by atoms with Crippen molar-refractivity contribution in [3.8, 4) is 5.88 Å². The third-order valence-corrected chi connectivity index (χ3v) is 7.74. The summed E-state index contributed by atoms with van der Waals surface area (Å²) in [7, 11) is -1.63. The Morgan fingerprint density at radius 3 is 2.60 bits per heavy atom. The molecule has 0 aliphatic carbocycles. The van der Waals surface area contributed by atoms with Crippen LogP contribution in [0.4, 0.5) is 24.7 Å². The van der Waals surface area contributed by atoms with Gasteiger partial charge in [-0.05, 0) is 13.0 Å². The van der Waals surface area contributed by atoms with Crippen LogP contribution >= 0.6 is 0 Å². The van der Waals surface area contributed by atoms with E-state index in [1.807, 2.05) is 4.90 Å². The molecule has 0 radical (unpaired) electrons. The number of fused-ring (bicyclic) bond motifs is 1. The molecule has 1 aromatic carbocycles. The van der Waals surface area contributed by atoms with Gasteiger partial charge in [0.05, 0.1) is 35.6 Å². The van der Waals surface area contributed by atoms with Crippen LogP contribution in [0.15, 0.2) is 30.6 Å². The fourth-order valence-electron chi connectivity index (χ4n) is 4.05. The number of halogens is 3. The Hall–Kier alpha value is -3.15. The van der Waals surface area contributed by atoms with Crippen LogP contribution in [-0.2, 0) is 15.8 Å². The first-order valence-electron chi connectivity index (χ1n) is 11.1. The van der Waals surface area contributed by atoms with Gasteiger partial charge in [0.1, 0.15) is 23.6 Å². The van der Waals surface area contributed by atoms with Crippen LogP contribution in [0.3, 0.4) is 0 Å². The molecular weight excluding hydrogens is 483 g/mol. The highest BCUT2D eigenvalue weighted by atomic mass is 32.2. The summed E-state index contributed by atoms with van der Waals surface area (Å²) in [5, 5.41) is 3.59. The summed E-state index contributed by atoms with van der Waals surface area (Å²) in [6.45, 7) is 3.51. The van der Waals surface area contributed by atoms with E-state index in [1.165, 1.54) is 32.5 Å². The number of anilines is 2. The van der Waals surface area contributed by atoms with Crippen molar-refractivity contribution in [2.24, 2.45) is 0 Å². The lowest BCUT2D eigenvalue weighted by Crippen LogP contribution is -2.40. The Balaban J connectivity index is 1.71. The molecular formula is C23H26F3N5O3S. The van der Waals surface area contributed by atoms with Gasteiger partial charge < -0.3 is 15.0 Å². The van der Waals surface area contributed by atoms with E-state index in [2.05, 4.69) is 20.3 Å². The fourth-order valence-corrected chi connectivity index (χ4v) is 5.25. The monoisotopic (exact) mass is 509 g/mol. The SMILES string of the molecule is CCC(F)(F)c1cccc([C@@H](C)Nc2ncnc3nc(OC)c(N4CCS(=O)(=O)CC4)cc23)c1F. The Morgan fingerprint density at radius 1 is 1.23 bits per heavy atom. The molecule has 1 fully saturated rings. The lowest BCUT2D eigenvalue weighted by molar-refractivity contribution is -0.0119. The fraction of sp³-hybridized carbons (Fsp3) is 0.435. The van der Waals surface area contributed by atoms with Gasteiger partial charge in [-0.2, -0.15) is 4.98 Å². The minimum Gasteiger partial charge on any atom is -0.479 e. The van der Waals surface area contributed by atoms with Crippen molar-refractivity contribution in [2.45, 2.75) is 32.2 Å². The van der Waals surface area contributed by atoms with E-state index in [9.17, 15) is 17.2 Å². The highest BCUT2D eigenvalue weighted by Gasteiger charge is 2.34. The van der Waals surface area contributed by atoms with Gasteiger partial charge in [0.15, 0.2) is 15.5 Å². The first-order chi connectivity index (χ1) is 16.6.